The fourth-order valence-corrected chi connectivity index (χ4v) is 2.24. The number of aromatic nitrogens is 2. The highest BCUT2D eigenvalue weighted by Crippen LogP contribution is 2.07. The van der Waals surface area contributed by atoms with Crippen LogP contribution >= 0.6 is 0 Å². The zero-order chi connectivity index (χ0) is 15.1. The van der Waals surface area contributed by atoms with Gasteiger partial charge in [-0.2, -0.15) is 0 Å². The number of hydrogen-bond acceptors (Lipinski definition) is 6. The number of nitrogens with one attached hydrogen (secondary N) is 1. The summed E-state index contributed by atoms with van der Waals surface area (Å²) in [7, 11) is 1.65. The lowest BCUT2D eigenvalue weighted by Gasteiger charge is -2.33. The number of hydrogen-bond donors (Lipinski definition) is 1. The number of anilines is 1. The summed E-state index contributed by atoms with van der Waals surface area (Å²) in [6, 6.07) is 0. The van der Waals surface area contributed by atoms with Crippen molar-refractivity contribution in [1.82, 2.24) is 19.8 Å². The highest BCUT2D eigenvalue weighted by Gasteiger charge is 2.22. The van der Waals surface area contributed by atoms with Gasteiger partial charge in [0.15, 0.2) is 0 Å². The predicted molar refractivity (Wildman–Crippen MR) is 80.4 cm³/mol. The van der Waals surface area contributed by atoms with Gasteiger partial charge in [0.1, 0.15) is 11.5 Å². The number of amides is 1. The van der Waals surface area contributed by atoms with Gasteiger partial charge in [0.05, 0.1) is 19.0 Å². The molecule has 1 aliphatic heterocycles. The van der Waals surface area contributed by atoms with Gasteiger partial charge in [-0.15, -0.1) is 0 Å². The molecule has 0 radical (unpaired) electrons. The van der Waals surface area contributed by atoms with E-state index < -0.39 is 0 Å². The highest BCUT2D eigenvalue weighted by atomic mass is 16.5. The van der Waals surface area contributed by atoms with E-state index in [4.69, 9.17) is 4.74 Å². The minimum atomic E-state index is -0.0401. The second kappa shape index (κ2) is 7.90. The summed E-state index contributed by atoms with van der Waals surface area (Å²) in [6.45, 7) is 7.78. The first kappa shape index (κ1) is 15.7. The molecule has 7 nitrogen and oxygen atoms in total. The van der Waals surface area contributed by atoms with Gasteiger partial charge in [-0.25, -0.2) is 9.97 Å². The van der Waals surface area contributed by atoms with E-state index in [2.05, 4.69) is 27.1 Å². The third-order valence-electron chi connectivity index (χ3n) is 3.59. The molecule has 0 aliphatic carbocycles. The zero-order valence-electron chi connectivity index (χ0n) is 12.7. The molecule has 0 spiro atoms. The fourth-order valence-electron chi connectivity index (χ4n) is 2.24. The van der Waals surface area contributed by atoms with Crippen molar-refractivity contribution < 1.29 is 9.53 Å². The van der Waals surface area contributed by atoms with Crippen LogP contribution in [0.3, 0.4) is 0 Å². The lowest BCUT2D eigenvalue weighted by Crippen LogP contribution is -2.48. The molecule has 0 unspecified atom stereocenters. The van der Waals surface area contributed by atoms with Gasteiger partial charge >= 0.3 is 0 Å². The molecule has 1 amide bonds. The van der Waals surface area contributed by atoms with Gasteiger partial charge in [0.25, 0.3) is 5.91 Å². The van der Waals surface area contributed by atoms with Crippen LogP contribution in [0.4, 0.5) is 5.82 Å². The van der Waals surface area contributed by atoms with E-state index >= 15 is 0 Å². The third kappa shape index (κ3) is 4.37. The number of carbonyl (C=O) groups is 1. The average molecular weight is 293 g/mol. The summed E-state index contributed by atoms with van der Waals surface area (Å²) in [5.41, 5.74) is 0.400. The minimum absolute atomic E-state index is 0.0401. The lowest BCUT2D eigenvalue weighted by molar-refractivity contribution is 0.0637. The van der Waals surface area contributed by atoms with Gasteiger partial charge in [0, 0.05) is 39.8 Å². The molecule has 1 fully saturated rings. The van der Waals surface area contributed by atoms with E-state index in [9.17, 15) is 4.79 Å². The van der Waals surface area contributed by atoms with E-state index in [0.717, 1.165) is 32.7 Å². The summed E-state index contributed by atoms with van der Waals surface area (Å²) < 4.78 is 4.95. The maximum absolute atomic E-state index is 12.3. The lowest BCUT2D eigenvalue weighted by atomic mass is 10.3. The fraction of sp³-hybridized carbons (Fsp3) is 0.643. The van der Waals surface area contributed by atoms with Gasteiger partial charge in [0.2, 0.25) is 0 Å². The van der Waals surface area contributed by atoms with E-state index in [0.29, 0.717) is 24.7 Å². The SMILES string of the molecule is CCN1CCN(C(=O)c2cnc(NCCOC)cn2)CC1. The van der Waals surface area contributed by atoms with Crippen LogP contribution in [0.25, 0.3) is 0 Å². The molecular formula is C14H23N5O2. The van der Waals surface area contributed by atoms with Crippen LogP contribution in [0.5, 0.6) is 0 Å². The van der Waals surface area contributed by atoms with Crippen LogP contribution in [0, 0.1) is 0 Å². The Hall–Kier alpha value is -1.73. The standard InChI is InChI=1S/C14H23N5O2/c1-3-18-5-7-19(8-6-18)14(20)12-10-17-13(11-16-12)15-4-9-21-2/h10-11H,3-9H2,1-2H3,(H,15,17). The Morgan fingerprint density at radius 1 is 1.29 bits per heavy atom. The Morgan fingerprint density at radius 2 is 2.05 bits per heavy atom. The number of piperazine rings is 1. The molecule has 116 valence electrons. The number of nitrogens with zero attached hydrogens (tertiary/aromatic N) is 4. The summed E-state index contributed by atoms with van der Waals surface area (Å²) in [5, 5.41) is 3.07. The molecule has 2 rings (SSSR count). The van der Waals surface area contributed by atoms with Crippen LogP contribution in [-0.2, 0) is 4.74 Å². The van der Waals surface area contributed by atoms with E-state index in [1.54, 1.807) is 13.3 Å². The van der Waals surface area contributed by atoms with Crippen LogP contribution in [-0.4, -0.2) is 78.7 Å². The van der Waals surface area contributed by atoms with Crippen molar-refractivity contribution >= 4 is 11.7 Å². The van der Waals surface area contributed by atoms with Crippen molar-refractivity contribution in [3.63, 3.8) is 0 Å². The Labute approximate surface area is 125 Å². The molecule has 7 heteroatoms. The second-order valence-electron chi connectivity index (χ2n) is 4.93. The first-order chi connectivity index (χ1) is 10.2. The molecule has 0 saturated carbocycles. The van der Waals surface area contributed by atoms with Crippen LogP contribution in [0.15, 0.2) is 12.4 Å². The quantitative estimate of drug-likeness (QED) is 0.761. The topological polar surface area (TPSA) is 70.6 Å². The normalized spacial score (nSPS) is 16.0. The Morgan fingerprint density at radius 3 is 2.62 bits per heavy atom. The van der Waals surface area contributed by atoms with E-state index in [1.807, 2.05) is 4.90 Å². The molecular weight excluding hydrogens is 270 g/mol. The molecule has 1 aromatic heterocycles. The Bertz CT molecular complexity index is 443. The van der Waals surface area contributed by atoms with Crippen molar-refractivity contribution in [2.75, 3.05) is 58.3 Å². The van der Waals surface area contributed by atoms with Crippen LogP contribution in [0.1, 0.15) is 17.4 Å². The Kier molecular flexibility index (Phi) is 5.89. The molecule has 2 heterocycles. The van der Waals surface area contributed by atoms with Crippen molar-refractivity contribution in [3.05, 3.63) is 18.1 Å². The van der Waals surface area contributed by atoms with Crippen molar-refractivity contribution in [2.24, 2.45) is 0 Å². The number of likely N-dealkylation sites (N-methyl/N-ethyl adjacent to an activating group) is 1. The monoisotopic (exact) mass is 293 g/mol. The predicted octanol–water partition coefficient (Wildman–Crippen LogP) is 0.313. The average Bonchev–Trinajstić information content (AvgIpc) is 2.55. The molecule has 1 saturated heterocycles. The first-order valence-electron chi connectivity index (χ1n) is 7.31. The maximum Gasteiger partial charge on any atom is 0.274 e. The van der Waals surface area contributed by atoms with Crippen LogP contribution < -0.4 is 5.32 Å². The molecule has 21 heavy (non-hydrogen) atoms. The number of ether oxygens (including phenoxy) is 1. The number of rotatable bonds is 6. The first-order valence-corrected chi connectivity index (χ1v) is 7.31. The van der Waals surface area contributed by atoms with Gasteiger partial charge in [-0.3, -0.25) is 4.79 Å². The third-order valence-corrected chi connectivity index (χ3v) is 3.59. The summed E-state index contributed by atoms with van der Waals surface area (Å²) in [5.74, 6) is 0.612. The zero-order valence-corrected chi connectivity index (χ0v) is 12.7. The van der Waals surface area contributed by atoms with Crippen molar-refractivity contribution in [1.29, 1.82) is 0 Å². The molecule has 0 bridgehead atoms. The molecule has 0 atom stereocenters. The molecule has 0 aromatic carbocycles. The van der Waals surface area contributed by atoms with Gasteiger partial charge in [-0.05, 0) is 6.54 Å². The molecule has 1 aliphatic rings. The smallest absolute Gasteiger partial charge is 0.274 e. The highest BCUT2D eigenvalue weighted by molar-refractivity contribution is 5.92. The Balaban J connectivity index is 1.88. The number of methoxy groups -OCH3 is 1. The van der Waals surface area contributed by atoms with Gasteiger partial charge < -0.3 is 19.9 Å². The molecule has 1 aromatic rings. The summed E-state index contributed by atoms with van der Waals surface area (Å²) >= 11 is 0. The van der Waals surface area contributed by atoms with Crippen molar-refractivity contribution in [2.45, 2.75) is 6.92 Å². The van der Waals surface area contributed by atoms with E-state index in [-0.39, 0.29) is 5.91 Å². The van der Waals surface area contributed by atoms with Crippen LogP contribution in [0.2, 0.25) is 0 Å². The largest absolute Gasteiger partial charge is 0.383 e. The number of carbonyl (C=O) groups excluding carboxylic acids is 1. The summed E-state index contributed by atoms with van der Waals surface area (Å²) in [4.78, 5) is 24.9. The van der Waals surface area contributed by atoms with Crippen molar-refractivity contribution in [3.8, 4) is 0 Å². The maximum atomic E-state index is 12.3. The summed E-state index contributed by atoms with van der Waals surface area (Å²) in [6.07, 6.45) is 3.12. The molecule has 1 N–H and O–H groups in total. The van der Waals surface area contributed by atoms with E-state index in [1.165, 1.54) is 6.20 Å². The second-order valence-corrected chi connectivity index (χ2v) is 4.93. The minimum Gasteiger partial charge on any atom is -0.383 e. The van der Waals surface area contributed by atoms with Gasteiger partial charge in [-0.1, -0.05) is 6.92 Å².